The van der Waals surface area contributed by atoms with Gasteiger partial charge in [-0.3, -0.25) is 4.79 Å². The molecule has 96 valence electrons. The van der Waals surface area contributed by atoms with Crippen molar-refractivity contribution in [3.05, 3.63) is 58.6 Å². The first-order chi connectivity index (χ1) is 9.25. The lowest BCUT2D eigenvalue weighted by atomic mass is 10.1. The lowest BCUT2D eigenvalue weighted by Gasteiger charge is -2.29. The van der Waals surface area contributed by atoms with Crippen molar-refractivity contribution in [3.63, 3.8) is 0 Å². The molecule has 19 heavy (non-hydrogen) atoms. The third kappa shape index (κ3) is 2.36. The van der Waals surface area contributed by atoms with Crippen molar-refractivity contribution in [2.24, 2.45) is 0 Å². The van der Waals surface area contributed by atoms with Crippen molar-refractivity contribution in [2.45, 2.75) is 0 Å². The minimum atomic E-state index is 0.00301. The number of hydrogen-bond acceptors (Lipinski definition) is 2. The van der Waals surface area contributed by atoms with Gasteiger partial charge in [-0.1, -0.05) is 34.1 Å². The smallest absolute Gasteiger partial charge is 0.258 e. The van der Waals surface area contributed by atoms with Gasteiger partial charge in [0.2, 0.25) is 0 Å². The molecule has 0 bridgehead atoms. The first-order valence-corrected chi connectivity index (χ1v) is 6.84. The Balaban J connectivity index is 2.00. The average Bonchev–Trinajstić information content (AvgIpc) is 2.47. The monoisotopic (exact) mass is 317 g/mol. The number of rotatable bonds is 1. The Kier molecular flexibility index (Phi) is 3.25. The molecular weight excluding hydrogens is 306 g/mol. The highest BCUT2D eigenvalue weighted by Crippen LogP contribution is 2.34. The van der Waals surface area contributed by atoms with E-state index in [0.717, 1.165) is 15.9 Å². The molecule has 0 unspecified atom stereocenters. The van der Waals surface area contributed by atoms with Crippen LogP contribution in [-0.4, -0.2) is 19.1 Å². The van der Waals surface area contributed by atoms with Gasteiger partial charge >= 0.3 is 0 Å². The SMILES string of the molecule is O=C(c1ccccc1)N1CCOc2ccc(Br)cc21. The predicted octanol–water partition coefficient (Wildman–Crippen LogP) is 3.49. The maximum Gasteiger partial charge on any atom is 0.258 e. The molecule has 0 saturated carbocycles. The van der Waals surface area contributed by atoms with Gasteiger partial charge in [0.15, 0.2) is 0 Å². The minimum Gasteiger partial charge on any atom is -0.490 e. The van der Waals surface area contributed by atoms with Gasteiger partial charge in [0.25, 0.3) is 5.91 Å². The van der Waals surface area contributed by atoms with Gasteiger partial charge < -0.3 is 9.64 Å². The summed E-state index contributed by atoms with van der Waals surface area (Å²) in [5.41, 5.74) is 1.50. The number of ether oxygens (including phenoxy) is 1. The molecule has 0 aliphatic carbocycles. The fourth-order valence-electron chi connectivity index (χ4n) is 2.14. The number of carbonyl (C=O) groups excluding carboxylic acids is 1. The molecule has 3 nitrogen and oxygen atoms in total. The van der Waals surface area contributed by atoms with Gasteiger partial charge in [-0.15, -0.1) is 0 Å². The standard InChI is InChI=1S/C15H12BrNO2/c16-12-6-7-14-13(10-12)17(8-9-19-14)15(18)11-4-2-1-3-5-11/h1-7,10H,8-9H2. The molecule has 0 fully saturated rings. The van der Waals surface area contributed by atoms with Crippen molar-refractivity contribution in [3.8, 4) is 5.75 Å². The molecule has 2 aromatic carbocycles. The number of anilines is 1. The topological polar surface area (TPSA) is 29.5 Å². The van der Waals surface area contributed by atoms with E-state index in [4.69, 9.17) is 4.74 Å². The normalized spacial score (nSPS) is 13.6. The van der Waals surface area contributed by atoms with Crippen molar-refractivity contribution in [1.29, 1.82) is 0 Å². The number of halogens is 1. The molecular formula is C15H12BrNO2. The van der Waals surface area contributed by atoms with Crippen molar-refractivity contribution < 1.29 is 9.53 Å². The van der Waals surface area contributed by atoms with Crippen LogP contribution in [0.2, 0.25) is 0 Å². The molecule has 0 radical (unpaired) electrons. The van der Waals surface area contributed by atoms with E-state index in [1.807, 2.05) is 48.5 Å². The van der Waals surface area contributed by atoms with E-state index in [1.165, 1.54) is 0 Å². The highest BCUT2D eigenvalue weighted by molar-refractivity contribution is 9.10. The lowest BCUT2D eigenvalue weighted by Crippen LogP contribution is -2.37. The zero-order valence-corrected chi connectivity index (χ0v) is 11.8. The van der Waals surface area contributed by atoms with Crippen LogP contribution in [0.4, 0.5) is 5.69 Å². The Morgan fingerprint density at radius 3 is 2.74 bits per heavy atom. The number of hydrogen-bond donors (Lipinski definition) is 0. The number of carbonyl (C=O) groups is 1. The molecule has 0 N–H and O–H groups in total. The summed E-state index contributed by atoms with van der Waals surface area (Å²) in [4.78, 5) is 14.3. The van der Waals surface area contributed by atoms with Gasteiger partial charge in [-0.25, -0.2) is 0 Å². The largest absolute Gasteiger partial charge is 0.490 e. The van der Waals surface area contributed by atoms with Crippen LogP contribution < -0.4 is 9.64 Å². The van der Waals surface area contributed by atoms with Crippen LogP contribution in [-0.2, 0) is 0 Å². The van der Waals surface area contributed by atoms with Crippen molar-refractivity contribution in [1.82, 2.24) is 0 Å². The quantitative estimate of drug-likeness (QED) is 0.805. The van der Waals surface area contributed by atoms with E-state index in [2.05, 4.69) is 15.9 Å². The summed E-state index contributed by atoms with van der Waals surface area (Å²) in [6, 6.07) is 15.0. The Morgan fingerprint density at radius 1 is 1.16 bits per heavy atom. The number of nitrogens with zero attached hydrogens (tertiary/aromatic N) is 1. The van der Waals surface area contributed by atoms with E-state index >= 15 is 0 Å². The van der Waals surface area contributed by atoms with Crippen molar-refractivity contribution in [2.75, 3.05) is 18.1 Å². The second-order valence-corrected chi connectivity index (χ2v) is 5.20. The van der Waals surface area contributed by atoms with Crippen LogP contribution >= 0.6 is 15.9 Å². The second-order valence-electron chi connectivity index (χ2n) is 4.28. The predicted molar refractivity (Wildman–Crippen MR) is 77.8 cm³/mol. The van der Waals surface area contributed by atoms with E-state index in [1.54, 1.807) is 4.90 Å². The van der Waals surface area contributed by atoms with Crippen LogP contribution in [0.5, 0.6) is 5.75 Å². The third-order valence-electron chi connectivity index (χ3n) is 3.05. The fraction of sp³-hybridized carbons (Fsp3) is 0.133. The Morgan fingerprint density at radius 2 is 1.95 bits per heavy atom. The molecule has 1 aliphatic heterocycles. The number of fused-ring (bicyclic) bond motifs is 1. The van der Waals surface area contributed by atoms with Gasteiger partial charge in [-0.2, -0.15) is 0 Å². The Hall–Kier alpha value is -1.81. The Labute approximate surface area is 119 Å². The second kappa shape index (κ2) is 5.05. The van der Waals surface area contributed by atoms with E-state index in [0.29, 0.717) is 18.7 Å². The molecule has 0 spiro atoms. The summed E-state index contributed by atoms with van der Waals surface area (Å²) in [7, 11) is 0. The molecule has 1 amide bonds. The van der Waals surface area contributed by atoms with E-state index in [9.17, 15) is 4.79 Å². The molecule has 3 rings (SSSR count). The van der Waals surface area contributed by atoms with E-state index < -0.39 is 0 Å². The fourth-order valence-corrected chi connectivity index (χ4v) is 2.49. The summed E-state index contributed by atoms with van der Waals surface area (Å²) in [6.45, 7) is 1.09. The molecule has 2 aromatic rings. The van der Waals surface area contributed by atoms with E-state index in [-0.39, 0.29) is 5.91 Å². The molecule has 0 aromatic heterocycles. The van der Waals surface area contributed by atoms with Crippen molar-refractivity contribution >= 4 is 27.5 Å². The minimum absolute atomic E-state index is 0.00301. The first-order valence-electron chi connectivity index (χ1n) is 6.05. The Bertz CT molecular complexity index is 613. The average molecular weight is 318 g/mol. The molecule has 0 saturated heterocycles. The van der Waals surface area contributed by atoms with Crippen LogP contribution in [0.1, 0.15) is 10.4 Å². The van der Waals surface area contributed by atoms with Gasteiger partial charge in [0.05, 0.1) is 12.2 Å². The van der Waals surface area contributed by atoms with Gasteiger partial charge in [0, 0.05) is 10.0 Å². The maximum absolute atomic E-state index is 12.5. The van der Waals surface area contributed by atoms with Crippen LogP contribution in [0.3, 0.4) is 0 Å². The summed E-state index contributed by atoms with van der Waals surface area (Å²) >= 11 is 3.43. The zero-order chi connectivity index (χ0) is 13.2. The molecule has 4 heteroatoms. The number of amides is 1. The highest BCUT2D eigenvalue weighted by atomic mass is 79.9. The summed E-state index contributed by atoms with van der Waals surface area (Å²) in [6.07, 6.45) is 0. The third-order valence-corrected chi connectivity index (χ3v) is 3.54. The lowest BCUT2D eigenvalue weighted by molar-refractivity contribution is 0.0976. The summed E-state index contributed by atoms with van der Waals surface area (Å²) in [5, 5.41) is 0. The van der Waals surface area contributed by atoms with Crippen LogP contribution in [0, 0.1) is 0 Å². The van der Waals surface area contributed by atoms with Gasteiger partial charge in [0.1, 0.15) is 12.4 Å². The maximum atomic E-state index is 12.5. The number of benzene rings is 2. The van der Waals surface area contributed by atoms with Crippen LogP contribution in [0.25, 0.3) is 0 Å². The molecule has 0 atom stereocenters. The molecule has 1 heterocycles. The highest BCUT2D eigenvalue weighted by Gasteiger charge is 2.24. The zero-order valence-electron chi connectivity index (χ0n) is 10.2. The first kappa shape index (κ1) is 12.2. The van der Waals surface area contributed by atoms with Gasteiger partial charge in [-0.05, 0) is 30.3 Å². The van der Waals surface area contributed by atoms with Crippen LogP contribution in [0.15, 0.2) is 53.0 Å². The summed E-state index contributed by atoms with van der Waals surface area (Å²) in [5.74, 6) is 0.752. The molecule has 1 aliphatic rings. The summed E-state index contributed by atoms with van der Waals surface area (Å²) < 4.78 is 6.51.